The Hall–Kier alpha value is -1.53. The lowest BCUT2D eigenvalue weighted by molar-refractivity contribution is 0.268. The van der Waals surface area contributed by atoms with Crippen LogP contribution in [0.3, 0.4) is 0 Å². The lowest BCUT2D eigenvalue weighted by Gasteiger charge is -2.29. The van der Waals surface area contributed by atoms with Gasteiger partial charge in [-0.05, 0) is 53.8 Å². The molecule has 2 aromatic carbocycles. The summed E-state index contributed by atoms with van der Waals surface area (Å²) in [7, 11) is -3.89. The van der Waals surface area contributed by atoms with Gasteiger partial charge in [-0.25, -0.2) is 17.9 Å². The molecule has 0 unspecified atom stereocenters. The van der Waals surface area contributed by atoms with Gasteiger partial charge in [0.05, 0.1) is 37.2 Å². The Morgan fingerprint density at radius 3 is 2.48 bits per heavy atom. The Morgan fingerprint density at radius 2 is 1.86 bits per heavy atom. The third-order valence-corrected chi connectivity index (χ3v) is 6.71. The van der Waals surface area contributed by atoms with Gasteiger partial charge in [0.2, 0.25) is 10.0 Å². The molecule has 0 amide bonds. The molecule has 5 N–H and O–H groups in total. The van der Waals surface area contributed by atoms with Gasteiger partial charge in [-0.1, -0.05) is 17.7 Å². The van der Waals surface area contributed by atoms with E-state index < -0.39 is 10.0 Å². The van der Waals surface area contributed by atoms with Gasteiger partial charge >= 0.3 is 0 Å². The summed E-state index contributed by atoms with van der Waals surface area (Å²) in [5, 5.41) is 27.1. The molecule has 0 spiro atoms. The van der Waals surface area contributed by atoms with Crippen LogP contribution >= 0.6 is 23.5 Å². The quantitative estimate of drug-likeness (QED) is 0.349. The predicted molar refractivity (Wildman–Crippen MR) is 112 cm³/mol. The summed E-state index contributed by atoms with van der Waals surface area (Å²) >= 11 is 7.44. The Morgan fingerprint density at radius 1 is 1.17 bits per heavy atom. The second kappa shape index (κ2) is 9.52. The topological polar surface area (TPSA) is 125 Å². The number of primary sulfonamides is 1. The van der Waals surface area contributed by atoms with Crippen LogP contribution in [0.1, 0.15) is 17.5 Å². The molecule has 1 aliphatic heterocycles. The van der Waals surface area contributed by atoms with E-state index in [1.807, 2.05) is 4.31 Å². The third kappa shape index (κ3) is 5.76. The first-order valence-electron chi connectivity index (χ1n) is 8.80. The maximum atomic E-state index is 11.7. The van der Waals surface area contributed by atoms with Crippen molar-refractivity contribution in [1.29, 1.82) is 0 Å². The number of benzene rings is 2. The van der Waals surface area contributed by atoms with E-state index >= 15 is 0 Å². The minimum Gasteiger partial charge on any atom is -0.494 e. The first-order valence-corrected chi connectivity index (χ1v) is 11.5. The normalized spacial score (nSPS) is 14.3. The van der Waals surface area contributed by atoms with Crippen LogP contribution in [0.4, 0.5) is 5.69 Å². The fraction of sp³-hybridized carbons (Fsp3) is 0.333. The van der Waals surface area contributed by atoms with Crippen LogP contribution in [0.2, 0.25) is 5.02 Å². The van der Waals surface area contributed by atoms with E-state index in [2.05, 4.69) is 5.32 Å². The van der Waals surface area contributed by atoms with Crippen LogP contribution in [-0.2, 0) is 23.2 Å². The molecular formula is C18H22ClN3O5S2. The number of sulfonamides is 1. The zero-order chi connectivity index (χ0) is 21.0. The van der Waals surface area contributed by atoms with Gasteiger partial charge in [0.25, 0.3) is 0 Å². The number of nitrogens with one attached hydrogen (secondary N) is 1. The fourth-order valence-electron chi connectivity index (χ4n) is 2.86. The first-order chi connectivity index (χ1) is 13.8. The zero-order valence-corrected chi connectivity index (χ0v) is 17.9. The summed E-state index contributed by atoms with van der Waals surface area (Å²) in [6.45, 7) is 1.47. The molecule has 8 nitrogen and oxygen atoms in total. The molecule has 29 heavy (non-hydrogen) atoms. The van der Waals surface area contributed by atoms with Crippen molar-refractivity contribution >= 4 is 39.3 Å². The number of hydrogen-bond acceptors (Lipinski definition) is 8. The van der Waals surface area contributed by atoms with Crippen molar-refractivity contribution in [2.24, 2.45) is 5.14 Å². The highest BCUT2D eigenvalue weighted by Gasteiger charge is 2.22. The highest BCUT2D eigenvalue weighted by atomic mass is 35.5. The van der Waals surface area contributed by atoms with Crippen LogP contribution in [0, 0.1) is 0 Å². The van der Waals surface area contributed by atoms with Gasteiger partial charge in [0.15, 0.2) is 0 Å². The molecule has 0 radical (unpaired) electrons. The Labute approximate surface area is 178 Å². The molecule has 11 heteroatoms. The number of ether oxygens (including phenoxy) is 1. The third-order valence-electron chi connectivity index (χ3n) is 4.23. The minimum atomic E-state index is -3.89. The molecule has 0 aromatic heterocycles. The van der Waals surface area contributed by atoms with Crippen LogP contribution in [0.5, 0.6) is 5.75 Å². The van der Waals surface area contributed by atoms with Crippen molar-refractivity contribution < 1.29 is 23.4 Å². The molecule has 1 heterocycles. The summed E-state index contributed by atoms with van der Waals surface area (Å²) < 4.78 is 31.1. The standard InChI is InChI=1S/C18H22ClN3O5S2/c19-15-7-16-17(8-18(15)29(20,25)26)28-22(11-21-16)2-1-3-27-14-5-12(9-23)4-13(6-14)10-24/h4-8,21,23-24H,1-3,9-11H2,(H2,20,25,26). The number of halogens is 1. The summed E-state index contributed by atoms with van der Waals surface area (Å²) in [6.07, 6.45) is 0.720. The molecule has 0 atom stereocenters. The van der Waals surface area contributed by atoms with Crippen molar-refractivity contribution in [3.8, 4) is 5.75 Å². The van der Waals surface area contributed by atoms with Crippen LogP contribution in [0.15, 0.2) is 40.1 Å². The van der Waals surface area contributed by atoms with E-state index in [1.54, 1.807) is 24.3 Å². The molecule has 0 saturated carbocycles. The van der Waals surface area contributed by atoms with Crippen LogP contribution < -0.4 is 15.2 Å². The highest BCUT2D eigenvalue weighted by molar-refractivity contribution is 7.97. The average Bonchev–Trinajstić information content (AvgIpc) is 2.69. The summed E-state index contributed by atoms with van der Waals surface area (Å²) in [5.41, 5.74) is 2.13. The van der Waals surface area contributed by atoms with Gasteiger partial charge in [0, 0.05) is 11.4 Å². The minimum absolute atomic E-state index is 0.0913. The zero-order valence-electron chi connectivity index (χ0n) is 15.5. The van der Waals surface area contributed by atoms with Crippen molar-refractivity contribution in [3.05, 3.63) is 46.5 Å². The lowest BCUT2D eigenvalue weighted by atomic mass is 10.1. The summed E-state index contributed by atoms with van der Waals surface area (Å²) in [6, 6.07) is 8.25. The first kappa shape index (κ1) is 22.2. The summed E-state index contributed by atoms with van der Waals surface area (Å²) in [5.74, 6) is 0.600. The van der Waals surface area contributed by atoms with E-state index in [9.17, 15) is 18.6 Å². The molecule has 2 aromatic rings. The molecule has 3 rings (SSSR count). The van der Waals surface area contributed by atoms with Crippen molar-refractivity contribution in [2.45, 2.75) is 29.4 Å². The number of nitrogens with zero attached hydrogens (tertiary/aromatic N) is 1. The molecular weight excluding hydrogens is 438 g/mol. The van der Waals surface area contributed by atoms with Gasteiger partial charge in [-0.3, -0.25) is 0 Å². The van der Waals surface area contributed by atoms with E-state index in [0.717, 1.165) is 17.0 Å². The van der Waals surface area contributed by atoms with Gasteiger partial charge in [-0.2, -0.15) is 0 Å². The number of aliphatic hydroxyl groups excluding tert-OH is 2. The molecule has 1 aliphatic rings. The van der Waals surface area contributed by atoms with Crippen LogP contribution in [-0.4, -0.2) is 42.8 Å². The van der Waals surface area contributed by atoms with Crippen LogP contribution in [0.25, 0.3) is 0 Å². The monoisotopic (exact) mass is 459 g/mol. The van der Waals surface area contributed by atoms with Crippen molar-refractivity contribution in [3.63, 3.8) is 0 Å². The molecule has 0 fully saturated rings. The van der Waals surface area contributed by atoms with Gasteiger partial charge in [0.1, 0.15) is 10.6 Å². The van der Waals surface area contributed by atoms with E-state index in [-0.39, 0.29) is 23.1 Å². The fourth-order valence-corrected chi connectivity index (χ4v) is 5.06. The van der Waals surface area contributed by atoms with Crippen molar-refractivity contribution in [1.82, 2.24) is 4.31 Å². The highest BCUT2D eigenvalue weighted by Crippen LogP contribution is 2.38. The van der Waals surface area contributed by atoms with Gasteiger partial charge in [-0.15, -0.1) is 0 Å². The molecule has 0 bridgehead atoms. The number of anilines is 1. The maximum Gasteiger partial charge on any atom is 0.239 e. The number of nitrogens with two attached hydrogens (primary N) is 1. The van der Waals surface area contributed by atoms with E-state index in [4.69, 9.17) is 21.5 Å². The maximum absolute atomic E-state index is 11.7. The smallest absolute Gasteiger partial charge is 0.239 e. The Balaban J connectivity index is 1.56. The second-order valence-electron chi connectivity index (χ2n) is 6.46. The number of fused-ring (bicyclic) bond motifs is 1. The number of aliphatic hydroxyl groups is 2. The lowest BCUT2D eigenvalue weighted by Crippen LogP contribution is -2.29. The van der Waals surface area contributed by atoms with Crippen molar-refractivity contribution in [2.75, 3.05) is 25.1 Å². The molecule has 158 valence electrons. The molecule has 0 saturated heterocycles. The Kier molecular flexibility index (Phi) is 7.28. The average molecular weight is 460 g/mol. The largest absolute Gasteiger partial charge is 0.494 e. The Bertz CT molecular complexity index is 965. The van der Waals surface area contributed by atoms with E-state index in [0.29, 0.717) is 36.7 Å². The predicted octanol–water partition coefficient (Wildman–Crippen LogP) is 2.13. The second-order valence-corrected chi connectivity index (χ2v) is 9.53. The number of hydrogen-bond donors (Lipinski definition) is 4. The van der Waals surface area contributed by atoms with E-state index in [1.165, 1.54) is 18.0 Å². The summed E-state index contributed by atoms with van der Waals surface area (Å²) in [4.78, 5) is 0.634. The number of rotatable bonds is 8. The SMILES string of the molecule is NS(=O)(=O)c1cc2c(cc1Cl)NCN(CCCOc1cc(CO)cc(CO)c1)S2. The van der Waals surface area contributed by atoms with Gasteiger partial charge < -0.3 is 20.3 Å². The molecule has 0 aliphatic carbocycles.